The Hall–Kier alpha value is -1.28. The molecule has 1 atom stereocenters. The zero-order valence-corrected chi connectivity index (χ0v) is 10.1. The first-order chi connectivity index (χ1) is 8.42. The Balaban J connectivity index is 1.83. The first-order valence-electron chi connectivity index (χ1n) is 6.74. The van der Waals surface area contributed by atoms with Crippen LogP contribution in [0.15, 0.2) is 24.3 Å². The fourth-order valence-corrected chi connectivity index (χ4v) is 3.63. The van der Waals surface area contributed by atoms with Gasteiger partial charge in [-0.15, -0.1) is 0 Å². The highest BCUT2D eigenvalue weighted by atomic mass is 15.2. The molecule has 3 heterocycles. The third-order valence-corrected chi connectivity index (χ3v) is 4.49. The lowest BCUT2D eigenvalue weighted by molar-refractivity contribution is 0.263. The predicted octanol–water partition coefficient (Wildman–Crippen LogP) is 2.73. The normalized spacial score (nSPS) is 24.6. The highest BCUT2D eigenvalue weighted by molar-refractivity contribution is 5.84. The number of nitrogens with one attached hydrogen (secondary N) is 1. The molecule has 0 aliphatic carbocycles. The summed E-state index contributed by atoms with van der Waals surface area (Å²) in [5.41, 5.74) is 4.40. The molecule has 1 aromatic heterocycles. The van der Waals surface area contributed by atoms with Gasteiger partial charge in [0, 0.05) is 35.6 Å². The number of hydrogen-bond acceptors (Lipinski definition) is 1. The number of rotatable bonds is 0. The van der Waals surface area contributed by atoms with Gasteiger partial charge in [0.15, 0.2) is 0 Å². The molecule has 0 spiro atoms. The number of benzene rings is 1. The van der Waals surface area contributed by atoms with Crippen LogP contribution < -0.4 is 0 Å². The van der Waals surface area contributed by atoms with E-state index in [0.29, 0.717) is 0 Å². The van der Waals surface area contributed by atoms with Crippen molar-refractivity contribution in [2.24, 2.45) is 0 Å². The van der Waals surface area contributed by atoms with E-state index in [1.165, 1.54) is 55.4 Å². The Labute approximate surface area is 102 Å². The Kier molecular flexibility index (Phi) is 2.06. The fourth-order valence-electron chi connectivity index (χ4n) is 3.63. The van der Waals surface area contributed by atoms with Crippen molar-refractivity contribution in [2.45, 2.75) is 31.7 Å². The van der Waals surface area contributed by atoms with Gasteiger partial charge in [0.25, 0.3) is 0 Å². The SMILES string of the molecule is c1ccc2c3c([nH]c2c1)C[C@@H]1CCCN1CC3. The number of para-hydroxylation sites is 1. The minimum Gasteiger partial charge on any atom is -0.358 e. The van der Waals surface area contributed by atoms with Crippen LogP contribution in [0, 0.1) is 0 Å². The van der Waals surface area contributed by atoms with Crippen molar-refractivity contribution in [1.29, 1.82) is 0 Å². The second-order valence-electron chi connectivity index (χ2n) is 5.41. The monoisotopic (exact) mass is 226 g/mol. The minimum absolute atomic E-state index is 0.796. The van der Waals surface area contributed by atoms with Crippen molar-refractivity contribution in [3.8, 4) is 0 Å². The summed E-state index contributed by atoms with van der Waals surface area (Å²) < 4.78 is 0. The van der Waals surface area contributed by atoms with Crippen LogP contribution in [0.1, 0.15) is 24.1 Å². The average molecular weight is 226 g/mol. The van der Waals surface area contributed by atoms with Gasteiger partial charge >= 0.3 is 0 Å². The molecule has 2 aliphatic heterocycles. The van der Waals surface area contributed by atoms with Gasteiger partial charge in [-0.3, -0.25) is 4.90 Å². The van der Waals surface area contributed by atoms with Crippen molar-refractivity contribution in [1.82, 2.24) is 9.88 Å². The Morgan fingerprint density at radius 3 is 3.12 bits per heavy atom. The van der Waals surface area contributed by atoms with Crippen molar-refractivity contribution in [3.05, 3.63) is 35.5 Å². The third kappa shape index (κ3) is 1.44. The van der Waals surface area contributed by atoms with Gasteiger partial charge in [0.1, 0.15) is 0 Å². The topological polar surface area (TPSA) is 19.0 Å². The van der Waals surface area contributed by atoms with Crippen molar-refractivity contribution in [3.63, 3.8) is 0 Å². The van der Waals surface area contributed by atoms with Gasteiger partial charge in [0.2, 0.25) is 0 Å². The molecule has 0 saturated carbocycles. The van der Waals surface area contributed by atoms with Crippen LogP contribution >= 0.6 is 0 Å². The summed E-state index contributed by atoms with van der Waals surface area (Å²) in [5, 5.41) is 1.45. The first-order valence-corrected chi connectivity index (χ1v) is 6.74. The molecule has 17 heavy (non-hydrogen) atoms. The van der Waals surface area contributed by atoms with Crippen molar-refractivity contribution in [2.75, 3.05) is 13.1 Å². The van der Waals surface area contributed by atoms with E-state index in [1.54, 1.807) is 5.56 Å². The molecule has 2 aromatic rings. The van der Waals surface area contributed by atoms with Crippen LogP contribution in [0.2, 0.25) is 0 Å². The summed E-state index contributed by atoms with van der Waals surface area (Å²) in [5.74, 6) is 0. The van der Waals surface area contributed by atoms with Crippen molar-refractivity contribution < 1.29 is 0 Å². The molecular formula is C15H18N2. The van der Waals surface area contributed by atoms with Crippen LogP contribution in [0.3, 0.4) is 0 Å². The molecule has 1 fully saturated rings. The maximum atomic E-state index is 3.64. The van der Waals surface area contributed by atoms with Crippen LogP contribution in [-0.2, 0) is 12.8 Å². The quantitative estimate of drug-likeness (QED) is 0.732. The van der Waals surface area contributed by atoms with E-state index in [1.807, 2.05) is 0 Å². The minimum atomic E-state index is 0.796. The largest absolute Gasteiger partial charge is 0.358 e. The van der Waals surface area contributed by atoms with Crippen molar-refractivity contribution >= 4 is 10.9 Å². The highest BCUT2D eigenvalue weighted by Crippen LogP contribution is 2.30. The van der Waals surface area contributed by atoms with E-state index in [4.69, 9.17) is 0 Å². The zero-order chi connectivity index (χ0) is 11.2. The molecule has 1 N–H and O–H groups in total. The van der Waals surface area contributed by atoms with Crippen LogP contribution in [0.25, 0.3) is 10.9 Å². The summed E-state index contributed by atoms with van der Waals surface area (Å²) >= 11 is 0. The number of hydrogen-bond donors (Lipinski definition) is 1. The molecule has 0 radical (unpaired) electrons. The second kappa shape index (κ2) is 3.61. The fraction of sp³-hybridized carbons (Fsp3) is 0.467. The summed E-state index contributed by atoms with van der Waals surface area (Å²) in [6.45, 7) is 2.56. The van der Waals surface area contributed by atoms with Crippen LogP contribution in [-0.4, -0.2) is 29.0 Å². The molecule has 0 bridgehead atoms. The summed E-state index contributed by atoms with van der Waals surface area (Å²) in [7, 11) is 0. The Bertz CT molecular complexity index is 555. The first kappa shape index (κ1) is 9.72. The van der Waals surface area contributed by atoms with Gasteiger partial charge in [0.05, 0.1) is 0 Å². The lowest BCUT2D eigenvalue weighted by atomic mass is 10.0. The number of aromatic nitrogens is 1. The molecule has 2 aliphatic rings. The van der Waals surface area contributed by atoms with Gasteiger partial charge in [-0.25, -0.2) is 0 Å². The summed E-state index contributed by atoms with van der Waals surface area (Å²) in [6.07, 6.45) is 5.22. The maximum absolute atomic E-state index is 3.64. The average Bonchev–Trinajstić information content (AvgIpc) is 2.89. The summed E-state index contributed by atoms with van der Waals surface area (Å²) in [4.78, 5) is 6.33. The van der Waals surface area contributed by atoms with E-state index >= 15 is 0 Å². The van der Waals surface area contributed by atoms with Crippen LogP contribution in [0.4, 0.5) is 0 Å². The lowest BCUT2D eigenvalue weighted by Gasteiger charge is -2.20. The zero-order valence-electron chi connectivity index (χ0n) is 10.1. The van der Waals surface area contributed by atoms with E-state index in [-0.39, 0.29) is 0 Å². The molecule has 1 saturated heterocycles. The molecule has 2 nitrogen and oxygen atoms in total. The second-order valence-corrected chi connectivity index (χ2v) is 5.41. The number of nitrogens with zero attached hydrogens (tertiary/aromatic N) is 1. The van der Waals surface area contributed by atoms with Gasteiger partial charge < -0.3 is 4.98 Å². The van der Waals surface area contributed by atoms with Gasteiger partial charge in [-0.1, -0.05) is 18.2 Å². The van der Waals surface area contributed by atoms with Crippen LogP contribution in [0.5, 0.6) is 0 Å². The molecule has 0 amide bonds. The van der Waals surface area contributed by atoms with E-state index in [2.05, 4.69) is 34.1 Å². The maximum Gasteiger partial charge on any atom is 0.0458 e. The molecule has 1 aromatic carbocycles. The van der Waals surface area contributed by atoms with E-state index < -0.39 is 0 Å². The molecule has 88 valence electrons. The predicted molar refractivity (Wildman–Crippen MR) is 70.3 cm³/mol. The lowest BCUT2D eigenvalue weighted by Crippen LogP contribution is -2.30. The smallest absolute Gasteiger partial charge is 0.0458 e. The number of aromatic amines is 1. The van der Waals surface area contributed by atoms with Gasteiger partial charge in [-0.05, 0) is 37.4 Å². The van der Waals surface area contributed by atoms with E-state index in [9.17, 15) is 0 Å². The summed E-state index contributed by atoms with van der Waals surface area (Å²) in [6, 6.07) is 9.55. The number of fused-ring (bicyclic) bond motifs is 4. The standard InChI is InChI=1S/C15H18N2/c1-2-6-14-12(5-1)13-7-9-17-8-3-4-11(17)10-15(13)16-14/h1-2,5-6,11,16H,3-4,7-10H2/t11-/m0/s1. The Morgan fingerprint density at radius 2 is 2.12 bits per heavy atom. The van der Waals surface area contributed by atoms with E-state index in [0.717, 1.165) is 6.04 Å². The molecule has 2 heteroatoms. The Morgan fingerprint density at radius 1 is 1.18 bits per heavy atom. The highest BCUT2D eigenvalue weighted by Gasteiger charge is 2.29. The molecular weight excluding hydrogens is 208 g/mol. The van der Waals surface area contributed by atoms with Gasteiger partial charge in [-0.2, -0.15) is 0 Å². The third-order valence-electron chi connectivity index (χ3n) is 4.49. The molecule has 0 unspecified atom stereocenters. The molecule has 4 rings (SSSR count). The number of H-pyrrole nitrogens is 1.